The number of rotatable bonds is 15. The normalized spacial score (nSPS) is 18.0. The average molecular weight is 832 g/mol. The summed E-state index contributed by atoms with van der Waals surface area (Å²) in [5.41, 5.74) is 4.11. The molecular weight excluding hydrogens is 778 g/mol. The number of nitrogens with one attached hydrogen (secondary N) is 2. The van der Waals surface area contributed by atoms with E-state index in [2.05, 4.69) is 20.1 Å². The highest BCUT2D eigenvalue weighted by molar-refractivity contribution is 6.07. The molecule has 2 aromatic rings. The van der Waals surface area contributed by atoms with Crippen molar-refractivity contribution < 1.29 is 57.3 Å². The first-order chi connectivity index (χ1) is 28.6. The highest BCUT2D eigenvalue weighted by Crippen LogP contribution is 2.40. The third-order valence-corrected chi connectivity index (χ3v) is 10.9. The number of ketones is 2. The standard InChI is InChI=1S/C43H53N5O12/c1-23(2)35(45-42(55)57-6)38(51)47-18-8-10-31(47)40(53)59-21-33(49)27-14-12-26(13-15-27)28-16-17-29(30-20-25(5)44-37(28)30)34(50)22-60-41(54)32-11-9-19-48(32)39(52)36(24(3)4)46-43(56)58-7/h12-17,23-24,31-32,35-36H,8-11,18-22H2,1-7H3,(H,45,55)(H,46,56)/t31-,32-,35-,36-/m0/s1. The molecule has 0 saturated carbocycles. The van der Waals surface area contributed by atoms with Gasteiger partial charge in [-0.15, -0.1) is 0 Å². The summed E-state index contributed by atoms with van der Waals surface area (Å²) >= 11 is 0. The molecule has 3 heterocycles. The van der Waals surface area contributed by atoms with Crippen LogP contribution in [0.1, 0.15) is 86.6 Å². The van der Waals surface area contributed by atoms with Gasteiger partial charge in [-0.25, -0.2) is 19.2 Å². The van der Waals surface area contributed by atoms with Crippen LogP contribution in [-0.2, 0) is 44.5 Å². The van der Waals surface area contributed by atoms with Gasteiger partial charge in [0, 0.05) is 41.9 Å². The first-order valence-electron chi connectivity index (χ1n) is 20.1. The maximum atomic E-state index is 13.5. The predicted octanol–water partition coefficient (Wildman–Crippen LogP) is 4.20. The van der Waals surface area contributed by atoms with Crippen LogP contribution in [0.15, 0.2) is 41.4 Å². The topological polar surface area (TPSA) is 216 Å². The van der Waals surface area contributed by atoms with E-state index < -0.39 is 84.9 Å². The molecule has 60 heavy (non-hydrogen) atoms. The number of likely N-dealkylation sites (tertiary alicyclic amines) is 2. The predicted molar refractivity (Wildman–Crippen MR) is 217 cm³/mol. The van der Waals surface area contributed by atoms with Crippen molar-refractivity contribution in [1.82, 2.24) is 20.4 Å². The SMILES string of the molecule is COC(=O)N[C@H](C(=O)N1CCC[C@H]1C(=O)OCC(=O)c1ccc(-c2ccc(C(=O)COC(=O)[C@@H]3CCCN3C(=O)[C@@H](NC(=O)OC)C(C)C)c3c2N=C(C)C3)cc1)C(C)C. The molecule has 4 amide bonds. The second-order valence-corrected chi connectivity index (χ2v) is 15.7. The van der Waals surface area contributed by atoms with Crippen LogP contribution < -0.4 is 10.6 Å². The molecule has 0 radical (unpaired) electrons. The van der Waals surface area contributed by atoms with E-state index >= 15 is 0 Å². The van der Waals surface area contributed by atoms with Crippen molar-refractivity contribution in [1.29, 1.82) is 0 Å². The minimum atomic E-state index is -0.908. The molecule has 0 aromatic heterocycles. The molecule has 2 N–H and O–H groups in total. The molecule has 0 spiro atoms. The summed E-state index contributed by atoms with van der Waals surface area (Å²) in [6, 6.07) is 6.45. The highest BCUT2D eigenvalue weighted by Gasteiger charge is 2.41. The number of methoxy groups -OCH3 is 2. The van der Waals surface area contributed by atoms with Gasteiger partial charge in [-0.2, -0.15) is 0 Å². The number of fused-ring (bicyclic) bond motifs is 1. The Morgan fingerprint density at radius 2 is 1.18 bits per heavy atom. The van der Waals surface area contributed by atoms with Gasteiger partial charge in [-0.05, 0) is 55.6 Å². The van der Waals surface area contributed by atoms with E-state index in [4.69, 9.17) is 14.5 Å². The zero-order valence-corrected chi connectivity index (χ0v) is 35.0. The van der Waals surface area contributed by atoms with Gasteiger partial charge in [0.2, 0.25) is 17.6 Å². The van der Waals surface area contributed by atoms with E-state index in [1.54, 1.807) is 64.1 Å². The molecule has 3 aliphatic rings. The Bertz CT molecular complexity index is 2050. The van der Waals surface area contributed by atoms with E-state index in [9.17, 15) is 38.4 Å². The lowest BCUT2D eigenvalue weighted by Gasteiger charge is -2.29. The molecule has 2 aromatic carbocycles. The van der Waals surface area contributed by atoms with Gasteiger partial charge in [0.1, 0.15) is 24.2 Å². The van der Waals surface area contributed by atoms with Crippen LogP contribution in [0.2, 0.25) is 0 Å². The Kier molecular flexibility index (Phi) is 14.8. The summed E-state index contributed by atoms with van der Waals surface area (Å²) in [5, 5.41) is 5.06. The molecule has 2 saturated heterocycles. The summed E-state index contributed by atoms with van der Waals surface area (Å²) in [7, 11) is 2.40. The number of ether oxygens (including phenoxy) is 4. The Morgan fingerprint density at radius 3 is 1.65 bits per heavy atom. The van der Waals surface area contributed by atoms with Crippen LogP contribution in [0.4, 0.5) is 15.3 Å². The average Bonchev–Trinajstić information content (AvgIpc) is 4.02. The van der Waals surface area contributed by atoms with E-state index in [-0.39, 0.29) is 11.8 Å². The van der Waals surface area contributed by atoms with E-state index in [0.29, 0.717) is 73.1 Å². The van der Waals surface area contributed by atoms with Crippen molar-refractivity contribution in [3.63, 3.8) is 0 Å². The molecule has 322 valence electrons. The molecule has 5 rings (SSSR count). The summed E-state index contributed by atoms with van der Waals surface area (Å²) in [6.45, 7) is 8.43. The lowest BCUT2D eigenvalue weighted by molar-refractivity contribution is -0.153. The number of esters is 2. The quantitative estimate of drug-likeness (QED) is 0.147. The van der Waals surface area contributed by atoms with Crippen molar-refractivity contribution in [2.24, 2.45) is 16.8 Å². The monoisotopic (exact) mass is 831 g/mol. The summed E-state index contributed by atoms with van der Waals surface area (Å²) in [5.74, 6) is -3.71. The molecule has 2 fully saturated rings. The minimum Gasteiger partial charge on any atom is -0.456 e. The number of amides is 4. The van der Waals surface area contributed by atoms with Crippen LogP contribution in [0.3, 0.4) is 0 Å². The number of hydrogen-bond donors (Lipinski definition) is 2. The Labute approximate surface area is 348 Å². The summed E-state index contributed by atoms with van der Waals surface area (Å²) < 4.78 is 20.2. The largest absolute Gasteiger partial charge is 0.456 e. The van der Waals surface area contributed by atoms with Crippen molar-refractivity contribution in [2.75, 3.05) is 40.5 Å². The van der Waals surface area contributed by atoms with E-state index in [1.807, 2.05) is 6.92 Å². The number of benzene rings is 2. The number of hydrogen-bond acceptors (Lipinski definition) is 13. The van der Waals surface area contributed by atoms with E-state index in [1.165, 1.54) is 24.0 Å². The molecule has 4 atom stereocenters. The number of alkyl carbamates (subject to hydrolysis) is 2. The smallest absolute Gasteiger partial charge is 0.407 e. The van der Waals surface area contributed by atoms with Crippen LogP contribution in [0, 0.1) is 11.8 Å². The van der Waals surface area contributed by atoms with Crippen molar-refractivity contribution in [2.45, 2.75) is 90.9 Å². The number of Topliss-reactive ketones (excluding diaryl/α,β-unsaturated/α-hetero) is 2. The van der Waals surface area contributed by atoms with Crippen molar-refractivity contribution in [3.8, 4) is 11.1 Å². The maximum Gasteiger partial charge on any atom is 0.407 e. The third kappa shape index (κ3) is 10.2. The van der Waals surface area contributed by atoms with Crippen molar-refractivity contribution >= 4 is 58.9 Å². The van der Waals surface area contributed by atoms with E-state index in [0.717, 1.165) is 11.3 Å². The second kappa shape index (κ2) is 19.7. The van der Waals surface area contributed by atoms with Gasteiger partial charge < -0.3 is 39.4 Å². The van der Waals surface area contributed by atoms with Crippen LogP contribution in [0.25, 0.3) is 11.1 Å². The molecule has 0 bridgehead atoms. The van der Waals surface area contributed by atoms with Gasteiger partial charge in [0.25, 0.3) is 0 Å². The zero-order valence-electron chi connectivity index (χ0n) is 35.0. The Hall–Kier alpha value is -6.13. The number of aliphatic imine (C=N–C) groups is 1. The van der Waals surface area contributed by atoms with Crippen LogP contribution in [-0.4, -0.2) is 128 Å². The first kappa shape index (κ1) is 45.0. The molecule has 17 nitrogen and oxygen atoms in total. The summed E-state index contributed by atoms with van der Waals surface area (Å²) in [6.07, 6.45) is 0.707. The fourth-order valence-electron chi connectivity index (χ4n) is 7.69. The number of carbonyl (C=O) groups excluding carboxylic acids is 8. The van der Waals surface area contributed by atoms with Crippen LogP contribution in [0.5, 0.6) is 0 Å². The first-order valence-corrected chi connectivity index (χ1v) is 20.1. The van der Waals surface area contributed by atoms with Crippen molar-refractivity contribution in [3.05, 3.63) is 53.1 Å². The molecule has 0 aliphatic carbocycles. The maximum absolute atomic E-state index is 13.5. The second-order valence-electron chi connectivity index (χ2n) is 15.7. The van der Waals surface area contributed by atoms with Gasteiger partial charge in [0.05, 0.1) is 19.9 Å². The highest BCUT2D eigenvalue weighted by atomic mass is 16.6. The molecule has 17 heteroatoms. The number of carbonyl (C=O) groups is 8. The third-order valence-electron chi connectivity index (χ3n) is 10.9. The summed E-state index contributed by atoms with van der Waals surface area (Å²) in [4.78, 5) is 111. The van der Waals surface area contributed by atoms with Gasteiger partial charge >= 0.3 is 24.1 Å². The Balaban J connectivity index is 1.20. The molecular formula is C43H53N5O12. The van der Waals surface area contributed by atoms with Crippen LogP contribution >= 0.6 is 0 Å². The van der Waals surface area contributed by atoms with Gasteiger partial charge in [-0.3, -0.25) is 24.2 Å². The zero-order chi connectivity index (χ0) is 43.8. The fraction of sp³-hybridized carbons (Fsp3) is 0.512. The van der Waals surface area contributed by atoms with Gasteiger partial charge in [0.15, 0.2) is 19.0 Å². The molecule has 0 unspecified atom stereocenters. The lowest BCUT2D eigenvalue weighted by Crippen LogP contribution is -2.54. The number of nitrogens with zero attached hydrogens (tertiary/aromatic N) is 3. The minimum absolute atomic E-state index is 0.272. The van der Waals surface area contributed by atoms with Gasteiger partial charge in [-0.1, -0.05) is 64.1 Å². The Morgan fingerprint density at radius 1 is 0.700 bits per heavy atom. The lowest BCUT2D eigenvalue weighted by atomic mass is 9.93. The fourth-order valence-corrected chi connectivity index (χ4v) is 7.69. The molecule has 3 aliphatic heterocycles.